The molecule has 11 heteroatoms. The van der Waals surface area contributed by atoms with Crippen LogP contribution in [0.15, 0.2) is 115 Å². The lowest BCUT2D eigenvalue weighted by Crippen LogP contribution is -2.23. The highest BCUT2D eigenvalue weighted by Crippen LogP contribution is 2.33. The number of ether oxygens (including phenoxy) is 2. The molecule has 2 N–H and O–H groups in total. The van der Waals surface area contributed by atoms with Gasteiger partial charge >= 0.3 is 5.97 Å². The van der Waals surface area contributed by atoms with E-state index in [0.29, 0.717) is 41.4 Å². The van der Waals surface area contributed by atoms with Gasteiger partial charge < -0.3 is 19.5 Å². The normalized spacial score (nSPS) is 11.1. The Morgan fingerprint density at radius 3 is 2.02 bits per heavy atom. The Labute approximate surface area is 284 Å². The number of nitrogens with one attached hydrogen (secondary N) is 1. The Balaban J connectivity index is 1.38. The predicted octanol–water partition coefficient (Wildman–Crippen LogP) is 7.71. The lowest BCUT2D eigenvalue weighted by molar-refractivity contribution is -0.139. The average molecular weight is 685 g/mol. The molecule has 0 bridgehead atoms. The van der Waals surface area contributed by atoms with Crippen molar-refractivity contribution in [1.82, 2.24) is 0 Å². The van der Waals surface area contributed by atoms with Gasteiger partial charge in [-0.05, 0) is 60.0 Å². The maximum Gasteiger partial charge on any atom is 0.341 e. The maximum atomic E-state index is 13.0. The summed E-state index contributed by atoms with van der Waals surface area (Å²) in [6.45, 7) is 2.29. The number of carbonyl (C=O) groups excluding carboxylic acids is 1. The van der Waals surface area contributed by atoms with E-state index in [1.807, 2.05) is 85.8 Å². The standard InChI is InChI=1S/C37H33ClN2O7S/c1-25-33(39-48(2,44)45)9-6-10-34(25)40(22-26-11-15-29(16-12-26)37(43)28-7-4-3-5-8-28)23-27-13-17-30(18-14-27)47-31-19-20-32(38)35(21-31)46-24-36(41)42/h3-21,39H,22-24H2,1-2H3,(H,41,42). The molecule has 0 heterocycles. The van der Waals surface area contributed by atoms with Gasteiger partial charge in [0.2, 0.25) is 10.0 Å². The molecule has 0 aromatic heterocycles. The Morgan fingerprint density at radius 1 is 0.792 bits per heavy atom. The van der Waals surface area contributed by atoms with Gasteiger partial charge in [0.15, 0.2) is 12.4 Å². The van der Waals surface area contributed by atoms with Crippen LogP contribution in [0.5, 0.6) is 17.2 Å². The number of carboxylic acid groups (broad SMARTS) is 1. The van der Waals surface area contributed by atoms with Gasteiger partial charge in [0, 0.05) is 36.0 Å². The molecule has 0 amide bonds. The quantitative estimate of drug-likeness (QED) is 0.114. The molecule has 0 radical (unpaired) electrons. The van der Waals surface area contributed by atoms with E-state index in [-0.39, 0.29) is 16.6 Å². The number of hydrogen-bond acceptors (Lipinski definition) is 7. The fourth-order valence-electron chi connectivity index (χ4n) is 5.06. The summed E-state index contributed by atoms with van der Waals surface area (Å²) in [5.74, 6) is -0.00506. The number of anilines is 2. The number of halogens is 1. The third-order valence-corrected chi connectivity index (χ3v) is 8.26. The molecule has 0 spiro atoms. The van der Waals surface area contributed by atoms with E-state index in [9.17, 15) is 18.0 Å². The number of nitrogens with zero attached hydrogens (tertiary/aromatic N) is 1. The summed E-state index contributed by atoms with van der Waals surface area (Å²) in [4.78, 5) is 26.0. The average Bonchev–Trinajstić information content (AvgIpc) is 3.06. The van der Waals surface area contributed by atoms with Crippen LogP contribution in [0, 0.1) is 6.92 Å². The minimum absolute atomic E-state index is 0.0562. The van der Waals surface area contributed by atoms with Gasteiger partial charge in [-0.15, -0.1) is 0 Å². The number of carboxylic acids is 1. The van der Waals surface area contributed by atoms with Crippen LogP contribution in [0.4, 0.5) is 11.4 Å². The predicted molar refractivity (Wildman–Crippen MR) is 187 cm³/mol. The molecule has 0 aliphatic heterocycles. The zero-order valence-electron chi connectivity index (χ0n) is 26.2. The molecule has 0 fully saturated rings. The number of carbonyl (C=O) groups is 2. The highest BCUT2D eigenvalue weighted by atomic mass is 35.5. The van der Waals surface area contributed by atoms with Crippen LogP contribution in [0.2, 0.25) is 5.02 Å². The van der Waals surface area contributed by atoms with E-state index < -0.39 is 22.6 Å². The van der Waals surface area contributed by atoms with Crippen LogP contribution >= 0.6 is 11.6 Å². The van der Waals surface area contributed by atoms with Gasteiger partial charge in [0.1, 0.15) is 17.2 Å². The summed E-state index contributed by atoms with van der Waals surface area (Å²) in [7, 11) is -3.49. The highest BCUT2D eigenvalue weighted by Gasteiger charge is 2.16. The molecule has 48 heavy (non-hydrogen) atoms. The molecule has 0 aliphatic rings. The third kappa shape index (κ3) is 9.15. The van der Waals surface area contributed by atoms with Gasteiger partial charge in [-0.2, -0.15) is 0 Å². The molecule has 9 nitrogen and oxygen atoms in total. The first kappa shape index (κ1) is 34.0. The van der Waals surface area contributed by atoms with Crippen molar-refractivity contribution in [2.75, 3.05) is 22.5 Å². The summed E-state index contributed by atoms with van der Waals surface area (Å²) in [6, 6.07) is 34.3. The number of aliphatic carboxylic acids is 1. The summed E-state index contributed by atoms with van der Waals surface area (Å²) in [5, 5.41) is 9.18. The Morgan fingerprint density at radius 2 is 1.40 bits per heavy atom. The van der Waals surface area contributed by atoms with Crippen molar-refractivity contribution >= 4 is 44.8 Å². The first-order valence-corrected chi connectivity index (χ1v) is 17.1. The molecule has 0 saturated heterocycles. The zero-order chi connectivity index (χ0) is 34.3. The Bertz CT molecular complexity index is 2020. The Kier molecular flexibility index (Phi) is 10.7. The van der Waals surface area contributed by atoms with Gasteiger partial charge in [0.05, 0.1) is 17.0 Å². The third-order valence-electron chi connectivity index (χ3n) is 7.35. The highest BCUT2D eigenvalue weighted by molar-refractivity contribution is 7.92. The van der Waals surface area contributed by atoms with E-state index in [2.05, 4.69) is 9.62 Å². The van der Waals surface area contributed by atoms with Gasteiger partial charge in [-0.1, -0.05) is 84.4 Å². The number of sulfonamides is 1. The van der Waals surface area contributed by atoms with Crippen molar-refractivity contribution in [2.24, 2.45) is 0 Å². The van der Waals surface area contributed by atoms with Crippen LogP contribution in [0.3, 0.4) is 0 Å². The first-order chi connectivity index (χ1) is 22.9. The minimum atomic E-state index is -3.49. The maximum absolute atomic E-state index is 13.0. The van der Waals surface area contributed by atoms with Crippen molar-refractivity contribution in [2.45, 2.75) is 20.0 Å². The van der Waals surface area contributed by atoms with E-state index in [0.717, 1.165) is 28.6 Å². The molecule has 0 aliphatic carbocycles. The van der Waals surface area contributed by atoms with Crippen molar-refractivity contribution in [3.63, 3.8) is 0 Å². The van der Waals surface area contributed by atoms with Crippen molar-refractivity contribution in [3.05, 3.63) is 148 Å². The summed E-state index contributed by atoms with van der Waals surface area (Å²) < 4.78 is 37.9. The SMILES string of the molecule is Cc1c(NS(C)(=O)=O)cccc1N(Cc1ccc(Oc2ccc(Cl)c(OCC(=O)O)c2)cc1)Cc1ccc(C(=O)c2ccccc2)cc1. The van der Waals surface area contributed by atoms with E-state index >= 15 is 0 Å². The van der Waals surface area contributed by atoms with Gasteiger partial charge in [-0.3, -0.25) is 9.52 Å². The number of ketones is 1. The van der Waals surface area contributed by atoms with Crippen LogP contribution in [-0.2, 0) is 27.9 Å². The van der Waals surface area contributed by atoms with E-state index in [1.165, 1.54) is 6.07 Å². The molecule has 0 saturated carbocycles. The number of benzene rings is 5. The Hall–Kier alpha value is -5.32. The topological polar surface area (TPSA) is 122 Å². The van der Waals surface area contributed by atoms with Crippen LogP contribution in [0.1, 0.15) is 32.6 Å². The van der Waals surface area contributed by atoms with Crippen molar-refractivity contribution in [1.29, 1.82) is 0 Å². The van der Waals surface area contributed by atoms with Crippen molar-refractivity contribution in [3.8, 4) is 17.2 Å². The minimum Gasteiger partial charge on any atom is -0.480 e. The molecule has 5 aromatic rings. The van der Waals surface area contributed by atoms with Crippen LogP contribution < -0.4 is 19.1 Å². The second-order valence-corrected chi connectivity index (χ2v) is 13.2. The van der Waals surface area contributed by atoms with Crippen LogP contribution in [-0.4, -0.2) is 38.1 Å². The first-order valence-electron chi connectivity index (χ1n) is 14.9. The largest absolute Gasteiger partial charge is 0.480 e. The molecule has 5 rings (SSSR count). The molecule has 246 valence electrons. The second kappa shape index (κ2) is 15.1. The monoisotopic (exact) mass is 684 g/mol. The second-order valence-electron chi connectivity index (χ2n) is 11.1. The van der Waals surface area contributed by atoms with Gasteiger partial charge in [-0.25, -0.2) is 13.2 Å². The molecule has 0 atom stereocenters. The van der Waals surface area contributed by atoms with Gasteiger partial charge in [0.25, 0.3) is 0 Å². The molecule has 5 aromatic carbocycles. The number of hydrogen-bond donors (Lipinski definition) is 2. The van der Waals surface area contributed by atoms with E-state index in [4.69, 9.17) is 26.2 Å². The van der Waals surface area contributed by atoms with Crippen LogP contribution in [0.25, 0.3) is 0 Å². The molecular formula is C37H33ClN2O7S. The summed E-state index contributed by atoms with van der Waals surface area (Å²) in [6.07, 6.45) is 1.12. The molecule has 0 unspecified atom stereocenters. The van der Waals surface area contributed by atoms with Crippen molar-refractivity contribution < 1.29 is 32.6 Å². The fourth-order valence-corrected chi connectivity index (χ4v) is 5.85. The summed E-state index contributed by atoms with van der Waals surface area (Å²) >= 11 is 6.13. The smallest absolute Gasteiger partial charge is 0.341 e. The summed E-state index contributed by atoms with van der Waals surface area (Å²) in [5.41, 5.74) is 5.22. The zero-order valence-corrected chi connectivity index (χ0v) is 27.8. The number of rotatable bonds is 14. The lowest BCUT2D eigenvalue weighted by Gasteiger charge is -2.28. The lowest BCUT2D eigenvalue weighted by atomic mass is 10.0. The fraction of sp³-hybridized carbons (Fsp3) is 0.135. The van der Waals surface area contributed by atoms with E-state index in [1.54, 1.807) is 30.3 Å². The molecular weight excluding hydrogens is 652 g/mol.